The number of aryl methyl sites for hydroxylation is 1. The average molecular weight is 333 g/mol. The number of imide groups is 1. The van der Waals surface area contributed by atoms with E-state index < -0.39 is 5.91 Å². The summed E-state index contributed by atoms with van der Waals surface area (Å²) in [5.41, 5.74) is 1.44. The van der Waals surface area contributed by atoms with E-state index in [9.17, 15) is 14.4 Å². The molecule has 1 aliphatic heterocycles. The molecule has 0 aromatic heterocycles. The van der Waals surface area contributed by atoms with Gasteiger partial charge in [-0.3, -0.25) is 19.3 Å². The summed E-state index contributed by atoms with van der Waals surface area (Å²) in [6, 6.07) is 5.17. The fourth-order valence-electron chi connectivity index (χ4n) is 3.09. The number of nitrogens with one attached hydrogen (secondary N) is 1. The number of halogens is 1. The Morgan fingerprint density at radius 2 is 1.83 bits per heavy atom. The van der Waals surface area contributed by atoms with Gasteiger partial charge < -0.3 is 5.32 Å². The Bertz CT molecular complexity index is 688. The molecule has 2 atom stereocenters. The van der Waals surface area contributed by atoms with Gasteiger partial charge in [-0.25, -0.2) is 0 Å². The van der Waals surface area contributed by atoms with E-state index in [1.54, 1.807) is 18.2 Å². The minimum absolute atomic E-state index is 0.248. The first kappa shape index (κ1) is 15.7. The Hall–Kier alpha value is -2.14. The highest BCUT2D eigenvalue weighted by molar-refractivity contribution is 6.31. The minimum atomic E-state index is -0.399. The molecule has 23 heavy (non-hydrogen) atoms. The Balaban J connectivity index is 1.70. The Kier molecular flexibility index (Phi) is 4.22. The summed E-state index contributed by atoms with van der Waals surface area (Å²) < 4.78 is 0. The fraction of sp³-hybridized carbons (Fsp3) is 0.353. The van der Waals surface area contributed by atoms with Crippen LogP contribution in [0.2, 0.25) is 5.02 Å². The van der Waals surface area contributed by atoms with Crippen molar-refractivity contribution in [2.24, 2.45) is 11.8 Å². The number of nitrogens with zero attached hydrogens (tertiary/aromatic N) is 1. The van der Waals surface area contributed by atoms with Crippen LogP contribution in [0.15, 0.2) is 30.4 Å². The zero-order valence-corrected chi connectivity index (χ0v) is 13.5. The molecule has 120 valence electrons. The molecule has 1 heterocycles. The third-order valence-corrected chi connectivity index (χ3v) is 4.61. The minimum Gasteiger partial charge on any atom is -0.324 e. The summed E-state index contributed by atoms with van der Waals surface area (Å²) >= 11 is 5.92. The maximum Gasteiger partial charge on any atom is 0.244 e. The highest BCUT2D eigenvalue weighted by Gasteiger charge is 2.47. The second-order valence-corrected chi connectivity index (χ2v) is 6.36. The predicted octanol–water partition coefficient (Wildman–Crippen LogP) is 2.54. The summed E-state index contributed by atoms with van der Waals surface area (Å²) in [6.45, 7) is 1.59. The van der Waals surface area contributed by atoms with E-state index in [1.807, 2.05) is 19.1 Å². The van der Waals surface area contributed by atoms with Crippen molar-refractivity contribution < 1.29 is 14.4 Å². The molecule has 1 aliphatic carbocycles. The van der Waals surface area contributed by atoms with Crippen molar-refractivity contribution in [3.8, 4) is 0 Å². The molecule has 1 saturated heterocycles. The van der Waals surface area contributed by atoms with Crippen molar-refractivity contribution in [2.45, 2.75) is 19.8 Å². The Labute approximate surface area is 139 Å². The van der Waals surface area contributed by atoms with Crippen molar-refractivity contribution >= 4 is 35.0 Å². The van der Waals surface area contributed by atoms with Crippen LogP contribution in [0.4, 0.5) is 5.69 Å². The van der Waals surface area contributed by atoms with E-state index >= 15 is 0 Å². The molecule has 0 saturated carbocycles. The van der Waals surface area contributed by atoms with Crippen LogP contribution in [0.3, 0.4) is 0 Å². The molecule has 5 nitrogen and oxygen atoms in total. The highest BCUT2D eigenvalue weighted by atomic mass is 35.5. The van der Waals surface area contributed by atoms with Gasteiger partial charge in [-0.2, -0.15) is 0 Å². The van der Waals surface area contributed by atoms with Crippen LogP contribution in [0.5, 0.6) is 0 Å². The zero-order valence-electron chi connectivity index (χ0n) is 12.7. The lowest BCUT2D eigenvalue weighted by atomic mass is 9.85. The normalized spacial score (nSPS) is 23.1. The number of likely N-dealkylation sites (tertiary alicyclic amines) is 1. The summed E-state index contributed by atoms with van der Waals surface area (Å²) in [7, 11) is 0. The summed E-state index contributed by atoms with van der Waals surface area (Å²) in [5, 5.41) is 3.23. The van der Waals surface area contributed by atoms with E-state index in [4.69, 9.17) is 11.6 Å². The van der Waals surface area contributed by atoms with Crippen LogP contribution in [-0.2, 0) is 14.4 Å². The zero-order chi connectivity index (χ0) is 16.6. The van der Waals surface area contributed by atoms with Crippen LogP contribution in [0.1, 0.15) is 18.4 Å². The van der Waals surface area contributed by atoms with Crippen molar-refractivity contribution in [1.82, 2.24) is 4.90 Å². The van der Waals surface area contributed by atoms with Gasteiger partial charge in [0.2, 0.25) is 17.7 Å². The topological polar surface area (TPSA) is 66.5 Å². The first-order valence-corrected chi connectivity index (χ1v) is 7.91. The average Bonchev–Trinajstić information content (AvgIpc) is 2.76. The lowest BCUT2D eigenvalue weighted by Gasteiger charge is -2.15. The van der Waals surface area contributed by atoms with Gasteiger partial charge in [0.05, 0.1) is 11.8 Å². The highest BCUT2D eigenvalue weighted by Crippen LogP contribution is 2.34. The van der Waals surface area contributed by atoms with E-state index in [0.717, 1.165) is 10.5 Å². The molecule has 0 unspecified atom stereocenters. The molecule has 3 amide bonds. The van der Waals surface area contributed by atoms with Crippen LogP contribution >= 0.6 is 11.6 Å². The van der Waals surface area contributed by atoms with Gasteiger partial charge in [-0.1, -0.05) is 29.8 Å². The largest absolute Gasteiger partial charge is 0.324 e. The number of allylic oxidation sites excluding steroid dienone is 2. The van der Waals surface area contributed by atoms with Crippen LogP contribution in [-0.4, -0.2) is 29.2 Å². The molecule has 0 radical (unpaired) electrons. The van der Waals surface area contributed by atoms with E-state index in [0.29, 0.717) is 23.6 Å². The van der Waals surface area contributed by atoms with E-state index in [-0.39, 0.29) is 30.2 Å². The van der Waals surface area contributed by atoms with Crippen molar-refractivity contribution in [3.63, 3.8) is 0 Å². The number of carbonyl (C=O) groups is 3. The first-order chi connectivity index (χ1) is 11.0. The number of rotatable bonds is 3. The standard InChI is InChI=1S/C17H17ClN2O3/c1-10-6-7-11(18)8-14(10)19-15(21)9-20-16(22)12-4-2-3-5-13(12)17(20)23/h2-3,6-8,12-13H,4-5,9H2,1H3,(H,19,21)/t12-,13+. The second-order valence-electron chi connectivity index (χ2n) is 5.93. The van der Waals surface area contributed by atoms with Gasteiger partial charge >= 0.3 is 0 Å². The first-order valence-electron chi connectivity index (χ1n) is 7.53. The fourth-order valence-corrected chi connectivity index (χ4v) is 3.26. The molecule has 0 bridgehead atoms. The quantitative estimate of drug-likeness (QED) is 0.683. The summed E-state index contributed by atoms with van der Waals surface area (Å²) in [5.74, 6) is -1.52. The number of amides is 3. The number of benzene rings is 1. The molecule has 1 N–H and O–H groups in total. The van der Waals surface area contributed by atoms with Gasteiger partial charge in [0.15, 0.2) is 0 Å². The molecule has 1 fully saturated rings. The second kappa shape index (κ2) is 6.16. The van der Waals surface area contributed by atoms with Gasteiger partial charge in [-0.15, -0.1) is 0 Å². The third kappa shape index (κ3) is 3.01. The summed E-state index contributed by atoms with van der Waals surface area (Å²) in [4.78, 5) is 38.0. The van der Waals surface area contributed by atoms with Crippen molar-refractivity contribution in [2.75, 3.05) is 11.9 Å². The van der Waals surface area contributed by atoms with Gasteiger partial charge in [0, 0.05) is 10.7 Å². The molecule has 1 aromatic rings. The van der Waals surface area contributed by atoms with Gasteiger partial charge in [0.25, 0.3) is 0 Å². The molecular formula is C17H17ClN2O3. The number of hydrogen-bond acceptors (Lipinski definition) is 3. The van der Waals surface area contributed by atoms with Crippen molar-refractivity contribution in [1.29, 1.82) is 0 Å². The smallest absolute Gasteiger partial charge is 0.244 e. The van der Waals surface area contributed by atoms with E-state index in [1.165, 1.54) is 0 Å². The Morgan fingerprint density at radius 1 is 1.22 bits per heavy atom. The SMILES string of the molecule is Cc1ccc(Cl)cc1NC(=O)CN1C(=O)[C@H]2CC=CC[C@H]2C1=O. The molecular weight excluding hydrogens is 316 g/mol. The molecule has 3 rings (SSSR count). The van der Waals surface area contributed by atoms with Crippen molar-refractivity contribution in [3.05, 3.63) is 40.9 Å². The predicted molar refractivity (Wildman–Crippen MR) is 86.9 cm³/mol. The lowest BCUT2D eigenvalue weighted by Crippen LogP contribution is -2.38. The molecule has 6 heteroatoms. The van der Waals surface area contributed by atoms with Gasteiger partial charge in [-0.05, 0) is 37.5 Å². The Morgan fingerprint density at radius 3 is 2.43 bits per heavy atom. The number of fused-ring (bicyclic) bond motifs is 1. The molecule has 2 aliphatic rings. The van der Waals surface area contributed by atoms with E-state index in [2.05, 4.69) is 5.32 Å². The number of anilines is 1. The molecule has 0 spiro atoms. The number of carbonyl (C=O) groups excluding carboxylic acids is 3. The third-order valence-electron chi connectivity index (χ3n) is 4.37. The molecule has 1 aromatic carbocycles. The maximum atomic E-state index is 12.3. The monoisotopic (exact) mass is 332 g/mol. The maximum absolute atomic E-state index is 12.3. The van der Waals surface area contributed by atoms with Crippen LogP contribution in [0.25, 0.3) is 0 Å². The van der Waals surface area contributed by atoms with Crippen LogP contribution < -0.4 is 5.32 Å². The van der Waals surface area contributed by atoms with Crippen LogP contribution in [0, 0.1) is 18.8 Å². The lowest BCUT2D eigenvalue weighted by molar-refractivity contribution is -0.142. The summed E-state index contributed by atoms with van der Waals surface area (Å²) in [6.07, 6.45) is 4.98. The van der Waals surface area contributed by atoms with Gasteiger partial charge in [0.1, 0.15) is 6.54 Å². The number of hydrogen-bond donors (Lipinski definition) is 1.